The standard InChI is InChI=1S/C17H12Cl2N2O2/c1-10-6-7-21-14(4-5-16(22)23)17(20-15(21)8-10)12-3-2-11(18)9-13(12)19/h2-9H,1H3,(H,22,23)/b5-4+. The highest BCUT2D eigenvalue weighted by atomic mass is 35.5. The van der Waals surface area contributed by atoms with Gasteiger partial charge in [-0.15, -0.1) is 0 Å². The molecule has 1 N–H and O–H groups in total. The van der Waals surface area contributed by atoms with Crippen LogP contribution in [-0.4, -0.2) is 20.5 Å². The van der Waals surface area contributed by atoms with Gasteiger partial charge in [-0.25, -0.2) is 9.78 Å². The lowest BCUT2D eigenvalue weighted by Crippen LogP contribution is -1.91. The van der Waals surface area contributed by atoms with E-state index >= 15 is 0 Å². The minimum atomic E-state index is -1.03. The second-order valence-corrected chi connectivity index (χ2v) is 5.92. The number of hydrogen-bond acceptors (Lipinski definition) is 2. The van der Waals surface area contributed by atoms with Crippen molar-refractivity contribution >= 4 is 40.9 Å². The van der Waals surface area contributed by atoms with E-state index in [0.29, 0.717) is 27.0 Å². The molecule has 116 valence electrons. The lowest BCUT2D eigenvalue weighted by Gasteiger charge is -2.04. The molecule has 0 radical (unpaired) electrons. The predicted octanol–water partition coefficient (Wildman–Crippen LogP) is 4.71. The quantitative estimate of drug-likeness (QED) is 0.698. The number of aromatic nitrogens is 2. The summed E-state index contributed by atoms with van der Waals surface area (Å²) in [5.41, 5.74) is 3.73. The van der Waals surface area contributed by atoms with Crippen LogP contribution in [0, 0.1) is 6.92 Å². The first-order valence-corrected chi connectivity index (χ1v) is 7.56. The van der Waals surface area contributed by atoms with Crippen molar-refractivity contribution in [3.63, 3.8) is 0 Å². The average Bonchev–Trinajstić information content (AvgIpc) is 2.82. The first-order valence-electron chi connectivity index (χ1n) is 6.81. The molecule has 3 rings (SSSR count). The average molecular weight is 347 g/mol. The molecule has 0 atom stereocenters. The summed E-state index contributed by atoms with van der Waals surface area (Å²) in [7, 11) is 0. The van der Waals surface area contributed by atoms with Gasteiger partial charge in [-0.1, -0.05) is 23.2 Å². The summed E-state index contributed by atoms with van der Waals surface area (Å²) >= 11 is 12.2. The molecule has 23 heavy (non-hydrogen) atoms. The Morgan fingerprint density at radius 3 is 2.74 bits per heavy atom. The lowest BCUT2D eigenvalue weighted by molar-refractivity contribution is -0.131. The van der Waals surface area contributed by atoms with Crippen LogP contribution >= 0.6 is 23.2 Å². The minimum absolute atomic E-state index is 0.461. The molecule has 0 fully saturated rings. The third kappa shape index (κ3) is 3.09. The van der Waals surface area contributed by atoms with Gasteiger partial charge in [-0.3, -0.25) is 4.40 Å². The fourth-order valence-corrected chi connectivity index (χ4v) is 2.85. The number of aryl methyl sites for hydroxylation is 1. The van der Waals surface area contributed by atoms with Crippen LogP contribution in [0.15, 0.2) is 42.6 Å². The number of carboxylic acids is 1. The molecule has 0 bridgehead atoms. The third-order valence-electron chi connectivity index (χ3n) is 3.39. The van der Waals surface area contributed by atoms with E-state index in [1.165, 1.54) is 6.08 Å². The van der Waals surface area contributed by atoms with E-state index in [1.54, 1.807) is 18.2 Å². The monoisotopic (exact) mass is 346 g/mol. The van der Waals surface area contributed by atoms with Crippen LogP contribution in [0.1, 0.15) is 11.3 Å². The molecule has 0 unspecified atom stereocenters. The number of fused-ring (bicyclic) bond motifs is 1. The van der Waals surface area contributed by atoms with Crippen LogP contribution in [-0.2, 0) is 4.79 Å². The normalized spacial score (nSPS) is 11.4. The van der Waals surface area contributed by atoms with Crippen molar-refractivity contribution in [2.45, 2.75) is 6.92 Å². The Morgan fingerprint density at radius 2 is 2.04 bits per heavy atom. The second-order valence-electron chi connectivity index (χ2n) is 5.07. The van der Waals surface area contributed by atoms with Crippen LogP contribution in [0.2, 0.25) is 10.0 Å². The third-order valence-corrected chi connectivity index (χ3v) is 3.94. The summed E-state index contributed by atoms with van der Waals surface area (Å²) in [6.07, 6.45) is 4.45. The van der Waals surface area contributed by atoms with E-state index in [4.69, 9.17) is 28.3 Å². The number of rotatable bonds is 3. The van der Waals surface area contributed by atoms with E-state index in [1.807, 2.05) is 29.7 Å². The Bertz CT molecular complexity index is 945. The van der Waals surface area contributed by atoms with E-state index in [2.05, 4.69) is 4.98 Å². The van der Waals surface area contributed by atoms with Gasteiger partial charge in [0.15, 0.2) is 0 Å². The van der Waals surface area contributed by atoms with Crippen molar-refractivity contribution in [2.24, 2.45) is 0 Å². The number of hydrogen-bond donors (Lipinski definition) is 1. The van der Waals surface area contributed by atoms with Crippen molar-refractivity contribution in [3.05, 3.63) is 63.9 Å². The molecule has 6 heteroatoms. The molecule has 2 heterocycles. The zero-order valence-electron chi connectivity index (χ0n) is 12.1. The van der Waals surface area contributed by atoms with Gasteiger partial charge >= 0.3 is 5.97 Å². The predicted molar refractivity (Wildman–Crippen MR) is 92.1 cm³/mol. The summed E-state index contributed by atoms with van der Waals surface area (Å²) in [4.78, 5) is 15.5. The number of carbonyl (C=O) groups is 1. The largest absolute Gasteiger partial charge is 0.478 e. The number of nitrogens with zero attached hydrogens (tertiary/aromatic N) is 2. The smallest absolute Gasteiger partial charge is 0.328 e. The lowest BCUT2D eigenvalue weighted by atomic mass is 10.1. The van der Waals surface area contributed by atoms with Crippen molar-refractivity contribution in [2.75, 3.05) is 0 Å². The molecule has 0 aliphatic heterocycles. The maximum Gasteiger partial charge on any atom is 0.328 e. The van der Waals surface area contributed by atoms with Crippen molar-refractivity contribution < 1.29 is 9.90 Å². The molecular formula is C17H12Cl2N2O2. The van der Waals surface area contributed by atoms with Gasteiger partial charge in [0, 0.05) is 22.9 Å². The zero-order chi connectivity index (χ0) is 16.6. The summed E-state index contributed by atoms with van der Waals surface area (Å²) < 4.78 is 1.83. The minimum Gasteiger partial charge on any atom is -0.478 e. The van der Waals surface area contributed by atoms with E-state index in [0.717, 1.165) is 17.3 Å². The number of carboxylic acid groups (broad SMARTS) is 1. The number of pyridine rings is 1. The molecule has 0 amide bonds. The Kier molecular flexibility index (Phi) is 4.11. The maximum atomic E-state index is 10.9. The van der Waals surface area contributed by atoms with Crippen LogP contribution < -0.4 is 0 Å². The molecule has 0 spiro atoms. The van der Waals surface area contributed by atoms with Gasteiger partial charge in [0.25, 0.3) is 0 Å². The first-order chi connectivity index (χ1) is 11.0. The Labute approximate surface area is 142 Å². The fourth-order valence-electron chi connectivity index (χ4n) is 2.35. The molecule has 0 saturated carbocycles. The van der Waals surface area contributed by atoms with Gasteiger partial charge in [0.2, 0.25) is 0 Å². The number of halogens is 2. The summed E-state index contributed by atoms with van der Waals surface area (Å²) in [5.74, 6) is -1.03. The van der Waals surface area contributed by atoms with Gasteiger partial charge in [0.1, 0.15) is 5.65 Å². The van der Waals surface area contributed by atoms with E-state index in [-0.39, 0.29) is 0 Å². The summed E-state index contributed by atoms with van der Waals surface area (Å²) in [5, 5.41) is 9.91. The van der Waals surface area contributed by atoms with Crippen LogP contribution in [0.25, 0.3) is 23.0 Å². The fraction of sp³-hybridized carbons (Fsp3) is 0.0588. The first kappa shape index (κ1) is 15.6. The topological polar surface area (TPSA) is 54.6 Å². The highest BCUT2D eigenvalue weighted by Crippen LogP contribution is 2.33. The van der Waals surface area contributed by atoms with Gasteiger partial charge in [0.05, 0.1) is 16.4 Å². The van der Waals surface area contributed by atoms with Crippen LogP contribution in [0.4, 0.5) is 0 Å². The number of imidazole rings is 1. The van der Waals surface area contributed by atoms with Crippen LogP contribution in [0.3, 0.4) is 0 Å². The molecule has 3 aromatic rings. The maximum absolute atomic E-state index is 10.9. The molecule has 0 saturated heterocycles. The van der Waals surface area contributed by atoms with Gasteiger partial charge in [-0.2, -0.15) is 0 Å². The number of aliphatic carboxylic acids is 1. The second kappa shape index (κ2) is 6.07. The summed E-state index contributed by atoms with van der Waals surface area (Å²) in [6.45, 7) is 1.97. The van der Waals surface area contributed by atoms with Crippen molar-refractivity contribution in [1.29, 1.82) is 0 Å². The van der Waals surface area contributed by atoms with E-state index in [9.17, 15) is 4.79 Å². The van der Waals surface area contributed by atoms with Crippen LogP contribution in [0.5, 0.6) is 0 Å². The highest BCUT2D eigenvalue weighted by Gasteiger charge is 2.15. The zero-order valence-corrected chi connectivity index (χ0v) is 13.6. The Balaban J connectivity index is 2.30. The number of benzene rings is 1. The summed E-state index contributed by atoms with van der Waals surface area (Å²) in [6, 6.07) is 8.99. The molecule has 4 nitrogen and oxygen atoms in total. The molecule has 2 aromatic heterocycles. The Hall–Kier alpha value is -2.30. The SMILES string of the molecule is Cc1ccn2c(/C=C/C(=O)O)c(-c3ccc(Cl)cc3Cl)nc2c1. The van der Waals surface area contributed by atoms with Crippen molar-refractivity contribution in [1.82, 2.24) is 9.38 Å². The van der Waals surface area contributed by atoms with E-state index < -0.39 is 5.97 Å². The molecule has 0 aliphatic carbocycles. The molecule has 0 aliphatic rings. The highest BCUT2D eigenvalue weighted by molar-refractivity contribution is 6.36. The van der Waals surface area contributed by atoms with Crippen molar-refractivity contribution in [3.8, 4) is 11.3 Å². The molecule has 1 aromatic carbocycles. The van der Waals surface area contributed by atoms with Gasteiger partial charge < -0.3 is 5.11 Å². The van der Waals surface area contributed by atoms with Gasteiger partial charge in [-0.05, 0) is 48.9 Å². The molecular weight excluding hydrogens is 335 g/mol. The Morgan fingerprint density at radius 1 is 1.26 bits per heavy atom.